The van der Waals surface area contributed by atoms with Gasteiger partial charge in [-0.1, -0.05) is 70.9 Å². The number of ketones is 1. The number of aromatic nitrogens is 3. The lowest BCUT2D eigenvalue weighted by Crippen LogP contribution is -2.48. The molecule has 0 saturated carbocycles. The second-order valence-electron chi connectivity index (χ2n) is 9.45. The summed E-state index contributed by atoms with van der Waals surface area (Å²) in [5.74, 6) is -1.44. The molecule has 0 unspecified atom stereocenters. The van der Waals surface area contributed by atoms with Crippen LogP contribution in [0.4, 0.5) is 0 Å². The average Bonchev–Trinajstić information content (AvgIpc) is 3.38. The highest BCUT2D eigenvalue weighted by Gasteiger charge is 2.32. The van der Waals surface area contributed by atoms with Gasteiger partial charge in [-0.05, 0) is 59.9 Å². The molecule has 202 valence electrons. The number of halogens is 2. The number of aromatic carboxylic acids is 1. The zero-order valence-corrected chi connectivity index (χ0v) is 22.7. The lowest BCUT2D eigenvalue weighted by molar-refractivity contribution is -0.136. The third-order valence-electron chi connectivity index (χ3n) is 6.82. The zero-order chi connectivity index (χ0) is 28.2. The van der Waals surface area contributed by atoms with E-state index >= 15 is 0 Å². The van der Waals surface area contributed by atoms with Gasteiger partial charge in [-0.15, -0.1) is 5.10 Å². The van der Waals surface area contributed by atoms with E-state index in [2.05, 4.69) is 10.3 Å². The number of hydrogen-bond donors (Lipinski definition) is 1. The quantitative estimate of drug-likeness (QED) is 0.290. The third kappa shape index (κ3) is 6.14. The predicted octanol–water partition coefficient (Wildman–Crippen LogP) is 5.31. The maximum Gasteiger partial charge on any atom is 0.335 e. The van der Waals surface area contributed by atoms with Crippen LogP contribution >= 0.6 is 23.2 Å². The van der Waals surface area contributed by atoms with Crippen molar-refractivity contribution >= 4 is 46.4 Å². The molecule has 1 aliphatic heterocycles. The number of rotatable bonds is 9. The highest BCUT2D eigenvalue weighted by atomic mass is 35.5. The number of Topliss-reactive ketones (excluding diaryl/α,β-unsaturated/α-hetero) is 1. The third-order valence-corrected chi connectivity index (χ3v) is 7.23. The van der Waals surface area contributed by atoms with Crippen LogP contribution in [0.25, 0.3) is 11.3 Å². The van der Waals surface area contributed by atoms with Crippen molar-refractivity contribution < 1.29 is 19.5 Å². The van der Waals surface area contributed by atoms with Crippen LogP contribution in [0.3, 0.4) is 0 Å². The summed E-state index contributed by atoms with van der Waals surface area (Å²) in [6.07, 6.45) is 4.05. The first-order valence-corrected chi connectivity index (χ1v) is 13.3. The van der Waals surface area contributed by atoms with Gasteiger partial charge in [0.15, 0.2) is 10.9 Å². The first kappa shape index (κ1) is 27.3. The maximum atomic E-state index is 13.6. The van der Waals surface area contributed by atoms with Gasteiger partial charge in [0.1, 0.15) is 0 Å². The smallest absolute Gasteiger partial charge is 0.335 e. The van der Waals surface area contributed by atoms with Crippen molar-refractivity contribution in [3.8, 4) is 5.69 Å². The first-order chi connectivity index (χ1) is 19.3. The second-order valence-corrected chi connectivity index (χ2v) is 10.3. The van der Waals surface area contributed by atoms with Crippen LogP contribution in [0, 0.1) is 0 Å². The van der Waals surface area contributed by atoms with Gasteiger partial charge in [0, 0.05) is 29.6 Å². The molecule has 40 heavy (non-hydrogen) atoms. The molecule has 8 nitrogen and oxygen atoms in total. The Kier molecular flexibility index (Phi) is 8.09. The number of carbonyl (C=O) groups excluding carboxylic acids is 2. The molecule has 2 heterocycles. The highest BCUT2D eigenvalue weighted by Crippen LogP contribution is 2.32. The van der Waals surface area contributed by atoms with E-state index in [-0.39, 0.29) is 28.8 Å². The van der Waals surface area contributed by atoms with Crippen molar-refractivity contribution in [3.05, 3.63) is 117 Å². The van der Waals surface area contributed by atoms with E-state index in [4.69, 9.17) is 23.2 Å². The number of carboxylic acid groups (broad SMARTS) is 1. The summed E-state index contributed by atoms with van der Waals surface area (Å²) in [4.78, 5) is 40.0. The summed E-state index contributed by atoms with van der Waals surface area (Å²) in [5.41, 5.74) is 3.94. The summed E-state index contributed by atoms with van der Waals surface area (Å²) in [5, 5.41) is 17.8. The molecular formula is C30H24Cl2N4O4. The lowest BCUT2D eigenvalue weighted by atomic mass is 9.92. The Hall–Kier alpha value is -4.27. The van der Waals surface area contributed by atoms with Gasteiger partial charge in [-0.25, -0.2) is 9.48 Å². The molecule has 1 amide bonds. The molecule has 4 aromatic rings. The minimum Gasteiger partial charge on any atom is -0.478 e. The topological polar surface area (TPSA) is 105 Å². The van der Waals surface area contributed by atoms with Gasteiger partial charge in [-0.3, -0.25) is 9.59 Å². The molecule has 1 N–H and O–H groups in total. The Morgan fingerprint density at radius 3 is 2.38 bits per heavy atom. The molecule has 0 radical (unpaired) electrons. The molecular weight excluding hydrogens is 551 g/mol. The molecule has 1 aliphatic rings. The van der Waals surface area contributed by atoms with E-state index in [0.29, 0.717) is 35.7 Å². The van der Waals surface area contributed by atoms with E-state index in [0.717, 1.165) is 16.7 Å². The van der Waals surface area contributed by atoms with Gasteiger partial charge < -0.3 is 10.0 Å². The Labute approximate surface area is 240 Å². The number of hydrogen-bond acceptors (Lipinski definition) is 5. The summed E-state index contributed by atoms with van der Waals surface area (Å²) in [7, 11) is 0. The van der Waals surface area contributed by atoms with Crippen molar-refractivity contribution in [2.24, 2.45) is 0 Å². The summed E-state index contributed by atoms with van der Waals surface area (Å²) in [6.45, 7) is 0.329. The minimum atomic E-state index is -1.03. The fraction of sp³-hybridized carbons (Fsp3) is 0.167. The van der Waals surface area contributed by atoms with Crippen molar-refractivity contribution in [3.63, 3.8) is 0 Å². The van der Waals surface area contributed by atoms with Crippen LogP contribution in [0.15, 0.2) is 85.1 Å². The second kappa shape index (κ2) is 11.9. The van der Waals surface area contributed by atoms with Crippen molar-refractivity contribution in [2.45, 2.75) is 25.3 Å². The minimum absolute atomic E-state index is 0.0727. The van der Waals surface area contributed by atoms with E-state index in [9.17, 15) is 19.5 Å². The molecule has 3 aromatic carbocycles. The molecule has 0 bridgehead atoms. The van der Waals surface area contributed by atoms with Crippen LogP contribution in [-0.4, -0.2) is 55.2 Å². The molecule has 0 aliphatic carbocycles. The van der Waals surface area contributed by atoms with Gasteiger partial charge >= 0.3 is 5.97 Å². The molecule has 1 aromatic heterocycles. The normalized spacial score (nSPS) is 14.1. The number of carboxylic acids is 1. The maximum absolute atomic E-state index is 13.6. The van der Waals surface area contributed by atoms with Crippen molar-refractivity contribution in [1.82, 2.24) is 19.9 Å². The van der Waals surface area contributed by atoms with Gasteiger partial charge in [-0.2, -0.15) is 0 Å². The van der Waals surface area contributed by atoms with Crippen LogP contribution in [0.2, 0.25) is 10.2 Å². The van der Waals surface area contributed by atoms with Gasteiger partial charge in [0.05, 0.1) is 23.5 Å². The predicted molar refractivity (Wildman–Crippen MR) is 152 cm³/mol. The Morgan fingerprint density at radius 1 is 0.975 bits per heavy atom. The largest absolute Gasteiger partial charge is 0.478 e. The van der Waals surface area contributed by atoms with E-state index < -0.39 is 12.0 Å². The van der Waals surface area contributed by atoms with Gasteiger partial charge in [0.2, 0.25) is 5.91 Å². The van der Waals surface area contributed by atoms with Crippen LogP contribution in [0.1, 0.15) is 33.5 Å². The zero-order valence-electron chi connectivity index (χ0n) is 21.2. The molecule has 0 spiro atoms. The SMILES string of the molecule is O=C(O)c1ccc(CC(=O)[C@H](Cc2ccccc2)N2CCC(c3cc(Cl)ccc3-n3cc(Cl)nn3)=CC2=O)cc1. The first-order valence-electron chi connectivity index (χ1n) is 12.6. The highest BCUT2D eigenvalue weighted by molar-refractivity contribution is 6.31. The molecule has 5 rings (SSSR count). The van der Waals surface area contributed by atoms with Crippen LogP contribution in [0.5, 0.6) is 0 Å². The number of carbonyl (C=O) groups is 3. The van der Waals surface area contributed by atoms with Crippen molar-refractivity contribution in [1.29, 1.82) is 0 Å². The number of nitrogens with zero attached hydrogens (tertiary/aromatic N) is 4. The van der Waals surface area contributed by atoms with Crippen LogP contribution in [-0.2, 0) is 22.4 Å². The molecule has 10 heteroatoms. The summed E-state index contributed by atoms with van der Waals surface area (Å²) >= 11 is 12.3. The fourth-order valence-electron chi connectivity index (χ4n) is 4.82. The molecule has 0 saturated heterocycles. The monoisotopic (exact) mass is 574 g/mol. The van der Waals surface area contributed by atoms with E-state index in [1.54, 1.807) is 47.5 Å². The number of amides is 1. The Balaban J connectivity index is 1.43. The average molecular weight is 575 g/mol. The van der Waals surface area contributed by atoms with E-state index in [1.807, 2.05) is 30.3 Å². The van der Waals surface area contributed by atoms with Gasteiger partial charge in [0.25, 0.3) is 0 Å². The van der Waals surface area contributed by atoms with Crippen LogP contribution < -0.4 is 0 Å². The van der Waals surface area contributed by atoms with E-state index in [1.165, 1.54) is 16.8 Å². The Bertz CT molecular complexity index is 1600. The molecule has 0 fully saturated rings. The standard InChI is InChI=1S/C30H24Cl2N4O4/c31-23-10-11-25(36-18-28(32)33-34-36)24(17-23)22-12-13-35(29(38)16-22)26(14-19-4-2-1-3-5-19)27(37)15-20-6-8-21(9-7-20)30(39)40/h1-11,16-18,26H,12-15H2,(H,39,40)/t26-/m0/s1. The van der Waals surface area contributed by atoms with Crippen molar-refractivity contribution in [2.75, 3.05) is 6.54 Å². The molecule has 1 atom stereocenters. The Morgan fingerprint density at radius 2 is 1.73 bits per heavy atom. The summed E-state index contributed by atoms with van der Waals surface area (Å²) in [6, 6.07) is 20.4. The summed E-state index contributed by atoms with van der Waals surface area (Å²) < 4.78 is 1.53. The fourth-order valence-corrected chi connectivity index (χ4v) is 5.12. The number of benzene rings is 3. The lowest BCUT2D eigenvalue weighted by Gasteiger charge is -2.34.